The third kappa shape index (κ3) is 7.32. The van der Waals surface area contributed by atoms with E-state index in [1.54, 1.807) is 13.8 Å². The molecule has 3 unspecified atom stereocenters. The van der Waals surface area contributed by atoms with E-state index in [0.717, 1.165) is 25.9 Å². The fourth-order valence-corrected chi connectivity index (χ4v) is 3.32. The molecule has 0 spiro atoms. The van der Waals surface area contributed by atoms with Gasteiger partial charge in [-0.15, -0.1) is 0 Å². The molecule has 3 atom stereocenters. The number of amides is 2. The number of esters is 1. The molecular weight excluding hydrogens is 334 g/mol. The Morgan fingerprint density at radius 3 is 2.27 bits per heavy atom. The Hall–Kier alpha value is -1.63. The predicted molar refractivity (Wildman–Crippen MR) is 100 cm³/mol. The number of nitrogens with one attached hydrogen (secondary N) is 2. The number of carbonyl (C=O) groups excluding carboxylic acids is 3. The van der Waals surface area contributed by atoms with E-state index < -0.39 is 11.4 Å². The minimum atomic E-state index is -0.877. The van der Waals surface area contributed by atoms with Gasteiger partial charge in [0.1, 0.15) is 0 Å². The quantitative estimate of drug-likeness (QED) is 0.630. The Morgan fingerprint density at radius 2 is 1.73 bits per heavy atom. The zero-order chi connectivity index (χ0) is 19.9. The van der Waals surface area contributed by atoms with Crippen LogP contribution >= 0.6 is 0 Å². The lowest BCUT2D eigenvalue weighted by molar-refractivity contribution is -0.153. The smallest absolute Gasteiger partial charge is 0.311 e. The molecule has 0 radical (unpaired) electrons. The number of carbonyl (C=O) groups is 3. The molecule has 26 heavy (non-hydrogen) atoms. The molecule has 0 saturated carbocycles. The van der Waals surface area contributed by atoms with Crippen LogP contribution in [0.15, 0.2) is 0 Å². The van der Waals surface area contributed by atoms with E-state index in [2.05, 4.69) is 22.6 Å². The maximum atomic E-state index is 12.3. The van der Waals surface area contributed by atoms with Crippen molar-refractivity contribution in [3.63, 3.8) is 0 Å². The predicted octanol–water partition coefficient (Wildman–Crippen LogP) is 1.32. The first-order chi connectivity index (χ1) is 12.0. The first kappa shape index (κ1) is 22.4. The molecule has 0 aromatic heterocycles. The Labute approximate surface area is 157 Å². The van der Waals surface area contributed by atoms with E-state index in [-0.39, 0.29) is 30.3 Å². The molecule has 7 nitrogen and oxygen atoms in total. The van der Waals surface area contributed by atoms with Crippen LogP contribution in [0.5, 0.6) is 0 Å². The lowest BCUT2D eigenvalue weighted by atomic mass is 9.89. The Morgan fingerprint density at radius 1 is 1.15 bits per heavy atom. The van der Waals surface area contributed by atoms with Crippen LogP contribution in [0, 0.1) is 11.3 Å². The van der Waals surface area contributed by atoms with E-state index in [9.17, 15) is 14.4 Å². The number of hydrogen-bond donors (Lipinski definition) is 2. The molecule has 1 aliphatic heterocycles. The molecular formula is C19H35N3O4. The standard InChI is InChI=1S/C19H35N3O4/c1-13(20-16(23)10-15-8-7-9-22(5)12-15)14(2)21-17(24)11-19(3,4)18(25)26-6/h13-15H,7-12H2,1-6H3,(H,20,23)(H,21,24). The molecule has 1 saturated heterocycles. The molecule has 2 N–H and O–H groups in total. The van der Waals surface area contributed by atoms with Crippen LogP contribution in [0.4, 0.5) is 0 Å². The van der Waals surface area contributed by atoms with Gasteiger partial charge >= 0.3 is 5.97 Å². The van der Waals surface area contributed by atoms with Crippen LogP contribution < -0.4 is 10.6 Å². The van der Waals surface area contributed by atoms with Crippen LogP contribution in [0.25, 0.3) is 0 Å². The summed E-state index contributed by atoms with van der Waals surface area (Å²) in [4.78, 5) is 38.4. The van der Waals surface area contributed by atoms with Crippen molar-refractivity contribution in [1.29, 1.82) is 0 Å². The van der Waals surface area contributed by atoms with Crippen molar-refractivity contribution in [2.24, 2.45) is 11.3 Å². The van der Waals surface area contributed by atoms with Gasteiger partial charge in [-0.25, -0.2) is 0 Å². The van der Waals surface area contributed by atoms with Crippen molar-refractivity contribution >= 4 is 17.8 Å². The maximum absolute atomic E-state index is 12.3. The van der Waals surface area contributed by atoms with Crippen molar-refractivity contribution in [3.8, 4) is 0 Å². The molecule has 0 aliphatic carbocycles. The minimum absolute atomic E-state index is 0.0220. The summed E-state index contributed by atoms with van der Waals surface area (Å²) >= 11 is 0. The largest absolute Gasteiger partial charge is 0.469 e. The second kappa shape index (κ2) is 9.90. The molecule has 0 aromatic carbocycles. The normalized spacial score (nSPS) is 20.8. The van der Waals surface area contributed by atoms with E-state index in [4.69, 9.17) is 4.74 Å². The van der Waals surface area contributed by atoms with Crippen LogP contribution in [-0.4, -0.2) is 62.0 Å². The summed E-state index contributed by atoms with van der Waals surface area (Å²) in [6, 6.07) is -0.414. The topological polar surface area (TPSA) is 87.7 Å². The molecule has 1 rings (SSSR count). The number of piperidine rings is 1. The number of likely N-dealkylation sites (tertiary alicyclic amines) is 1. The number of ether oxygens (including phenoxy) is 1. The van der Waals surface area contributed by atoms with Gasteiger partial charge < -0.3 is 20.3 Å². The van der Waals surface area contributed by atoms with E-state index >= 15 is 0 Å². The second-order valence-corrected chi connectivity index (χ2v) is 8.24. The van der Waals surface area contributed by atoms with Crippen LogP contribution in [-0.2, 0) is 19.1 Å². The average molecular weight is 370 g/mol. The van der Waals surface area contributed by atoms with Crippen molar-refractivity contribution < 1.29 is 19.1 Å². The Balaban J connectivity index is 2.41. The fraction of sp³-hybridized carbons (Fsp3) is 0.842. The molecule has 2 amide bonds. The summed E-state index contributed by atoms with van der Waals surface area (Å²) in [6.07, 6.45) is 2.78. The van der Waals surface area contributed by atoms with Crippen LogP contribution in [0.2, 0.25) is 0 Å². The molecule has 0 bridgehead atoms. The van der Waals surface area contributed by atoms with E-state index in [1.165, 1.54) is 7.11 Å². The summed E-state index contributed by atoms with van der Waals surface area (Å²) in [5.74, 6) is -0.234. The summed E-state index contributed by atoms with van der Waals surface area (Å²) < 4.78 is 4.72. The molecule has 0 aromatic rings. The summed E-state index contributed by atoms with van der Waals surface area (Å²) in [5.41, 5.74) is -0.877. The third-order valence-corrected chi connectivity index (χ3v) is 5.06. The van der Waals surface area contributed by atoms with Gasteiger partial charge in [0, 0.05) is 31.5 Å². The summed E-state index contributed by atoms with van der Waals surface area (Å²) in [7, 11) is 3.40. The van der Waals surface area contributed by atoms with Crippen molar-refractivity contribution in [2.45, 2.75) is 65.5 Å². The lowest BCUT2D eigenvalue weighted by Crippen LogP contribution is -2.50. The number of rotatable bonds is 8. The molecule has 1 heterocycles. The van der Waals surface area contributed by atoms with Gasteiger partial charge in [-0.1, -0.05) is 0 Å². The molecule has 7 heteroatoms. The van der Waals surface area contributed by atoms with Gasteiger partial charge in [-0.05, 0) is 60.0 Å². The molecule has 150 valence electrons. The molecule has 1 fully saturated rings. The Kier molecular flexibility index (Phi) is 8.53. The zero-order valence-electron chi connectivity index (χ0n) is 17.1. The highest BCUT2D eigenvalue weighted by molar-refractivity contribution is 5.85. The van der Waals surface area contributed by atoms with Crippen LogP contribution in [0.3, 0.4) is 0 Å². The number of nitrogens with zero attached hydrogens (tertiary/aromatic N) is 1. The highest BCUT2D eigenvalue weighted by atomic mass is 16.5. The van der Waals surface area contributed by atoms with Gasteiger partial charge in [0.15, 0.2) is 0 Å². The molecule has 1 aliphatic rings. The number of hydrogen-bond acceptors (Lipinski definition) is 5. The second-order valence-electron chi connectivity index (χ2n) is 8.24. The van der Waals surface area contributed by atoms with Gasteiger partial charge in [0.2, 0.25) is 11.8 Å². The highest BCUT2D eigenvalue weighted by Crippen LogP contribution is 2.22. The highest BCUT2D eigenvalue weighted by Gasteiger charge is 2.32. The van der Waals surface area contributed by atoms with Crippen molar-refractivity contribution in [2.75, 3.05) is 27.2 Å². The van der Waals surface area contributed by atoms with Crippen molar-refractivity contribution in [1.82, 2.24) is 15.5 Å². The zero-order valence-corrected chi connectivity index (χ0v) is 17.1. The monoisotopic (exact) mass is 369 g/mol. The summed E-state index contributed by atoms with van der Waals surface area (Å²) in [6.45, 7) is 9.13. The minimum Gasteiger partial charge on any atom is -0.469 e. The number of methoxy groups -OCH3 is 1. The third-order valence-electron chi connectivity index (χ3n) is 5.06. The SMILES string of the molecule is COC(=O)C(C)(C)CC(=O)NC(C)C(C)NC(=O)CC1CCCN(C)C1. The van der Waals surface area contributed by atoms with Crippen LogP contribution in [0.1, 0.15) is 53.4 Å². The first-order valence-electron chi connectivity index (χ1n) is 9.41. The first-order valence-corrected chi connectivity index (χ1v) is 9.41. The average Bonchev–Trinajstić information content (AvgIpc) is 2.52. The fourth-order valence-electron chi connectivity index (χ4n) is 3.32. The lowest BCUT2D eigenvalue weighted by Gasteiger charge is -2.30. The van der Waals surface area contributed by atoms with Gasteiger partial charge in [-0.3, -0.25) is 14.4 Å². The van der Waals surface area contributed by atoms with E-state index in [0.29, 0.717) is 12.3 Å². The van der Waals surface area contributed by atoms with Crippen molar-refractivity contribution in [3.05, 3.63) is 0 Å². The van der Waals surface area contributed by atoms with Gasteiger partial charge in [-0.2, -0.15) is 0 Å². The van der Waals surface area contributed by atoms with E-state index in [1.807, 2.05) is 13.8 Å². The maximum Gasteiger partial charge on any atom is 0.311 e. The van der Waals surface area contributed by atoms with Gasteiger partial charge in [0.05, 0.1) is 12.5 Å². The summed E-state index contributed by atoms with van der Waals surface area (Å²) in [5, 5.41) is 5.84. The van der Waals surface area contributed by atoms with Gasteiger partial charge in [0.25, 0.3) is 0 Å². The Bertz CT molecular complexity index is 507.